The molecule has 0 aliphatic carbocycles. The Bertz CT molecular complexity index is 1330. The summed E-state index contributed by atoms with van der Waals surface area (Å²) in [5, 5.41) is 9.09. The number of ether oxygens (including phenoxy) is 1. The predicted octanol–water partition coefficient (Wildman–Crippen LogP) is 1.88. The van der Waals surface area contributed by atoms with E-state index >= 15 is 0 Å². The van der Waals surface area contributed by atoms with Gasteiger partial charge in [-0.2, -0.15) is 0 Å². The van der Waals surface area contributed by atoms with Gasteiger partial charge in [0.1, 0.15) is 5.75 Å². The second kappa shape index (κ2) is 9.62. The lowest BCUT2D eigenvalue weighted by Crippen LogP contribution is -2.59. The van der Waals surface area contributed by atoms with Crippen molar-refractivity contribution in [2.24, 2.45) is 16.6 Å². The second-order valence-corrected chi connectivity index (χ2v) is 9.57. The average Bonchev–Trinajstić information content (AvgIpc) is 3.48. The van der Waals surface area contributed by atoms with Crippen LogP contribution in [-0.2, 0) is 15.1 Å². The number of imidazole rings is 1. The molecule has 1 fully saturated rings. The summed E-state index contributed by atoms with van der Waals surface area (Å²) < 4.78 is 6.01. The number of carbonyl (C=O) groups excluding carboxylic acids is 2. The van der Waals surface area contributed by atoms with Crippen molar-refractivity contribution in [2.75, 3.05) is 25.0 Å². The van der Waals surface area contributed by atoms with E-state index in [2.05, 4.69) is 30.9 Å². The summed E-state index contributed by atoms with van der Waals surface area (Å²) in [6.45, 7) is 6.56. The van der Waals surface area contributed by atoms with Crippen LogP contribution in [0.25, 0.3) is 11.0 Å². The normalized spacial score (nSPS) is 21.9. The van der Waals surface area contributed by atoms with Gasteiger partial charge in [-0.15, -0.1) is 0 Å². The Labute approximate surface area is 209 Å². The number of benzene rings is 2. The number of aromatic nitrogens is 2. The molecule has 0 bridgehead atoms. The summed E-state index contributed by atoms with van der Waals surface area (Å²) in [6.07, 6.45) is 3.57. The number of rotatable bonds is 7. The van der Waals surface area contributed by atoms with Gasteiger partial charge in [0, 0.05) is 6.07 Å². The van der Waals surface area contributed by atoms with Crippen molar-refractivity contribution in [3.8, 4) is 5.75 Å². The summed E-state index contributed by atoms with van der Waals surface area (Å²) in [5.41, 5.74) is 8.26. The molecule has 0 spiro atoms. The third-order valence-corrected chi connectivity index (χ3v) is 7.01. The first-order valence-electron chi connectivity index (χ1n) is 12.2. The number of nitrogens with two attached hydrogens (primary N) is 1. The molecule has 1 aromatic heterocycles. The first-order chi connectivity index (χ1) is 17.4. The fourth-order valence-electron chi connectivity index (χ4n) is 5.07. The van der Waals surface area contributed by atoms with Crippen LogP contribution in [0, 0.1) is 19.8 Å². The Morgan fingerprint density at radius 2 is 1.97 bits per heavy atom. The van der Waals surface area contributed by atoms with Crippen LogP contribution >= 0.6 is 0 Å². The van der Waals surface area contributed by atoms with Gasteiger partial charge in [-0.3, -0.25) is 19.9 Å². The quantitative estimate of drug-likeness (QED) is 0.342. The number of H-pyrrole nitrogens is 1. The van der Waals surface area contributed by atoms with E-state index in [1.54, 1.807) is 0 Å². The van der Waals surface area contributed by atoms with Crippen molar-refractivity contribution in [2.45, 2.75) is 38.3 Å². The summed E-state index contributed by atoms with van der Waals surface area (Å²) in [6, 6.07) is 10.1. The van der Waals surface area contributed by atoms with E-state index < -0.39 is 23.4 Å². The van der Waals surface area contributed by atoms with Crippen LogP contribution in [0.4, 0.5) is 5.95 Å². The molecule has 2 aliphatic rings. The van der Waals surface area contributed by atoms with Crippen molar-refractivity contribution < 1.29 is 14.3 Å². The Kier molecular flexibility index (Phi) is 6.36. The molecule has 3 aromatic rings. The van der Waals surface area contributed by atoms with Gasteiger partial charge < -0.3 is 26.1 Å². The Hall–Kier alpha value is -3.92. The number of primary amides is 1. The van der Waals surface area contributed by atoms with E-state index in [-0.39, 0.29) is 5.95 Å². The van der Waals surface area contributed by atoms with E-state index in [4.69, 9.17) is 10.5 Å². The number of aromatic amines is 1. The molecule has 2 aliphatic heterocycles. The van der Waals surface area contributed by atoms with E-state index in [1.165, 1.54) is 6.34 Å². The lowest BCUT2D eigenvalue weighted by Gasteiger charge is -2.32. The average molecular weight is 490 g/mol. The molecule has 36 heavy (non-hydrogen) atoms. The number of piperidine rings is 1. The molecule has 10 heteroatoms. The van der Waals surface area contributed by atoms with Crippen molar-refractivity contribution in [3.63, 3.8) is 0 Å². The van der Waals surface area contributed by atoms with Gasteiger partial charge in [-0.1, -0.05) is 23.8 Å². The Balaban J connectivity index is 1.34. The molecular weight excluding hydrogens is 458 g/mol. The zero-order chi connectivity index (χ0) is 25.3. The maximum absolute atomic E-state index is 13.3. The molecule has 0 saturated carbocycles. The smallest absolute Gasteiger partial charge is 0.254 e. The molecule has 10 nitrogen and oxygen atoms in total. The standard InChI is InChI=1S/C26H31N7O3/c1-15-3-5-19(16(2)11-15)26(24(27)35)22(29-14-30-26)23(34)33-25-31-20-6-4-18(12-21(20)32-25)36-13-17-7-9-28-10-8-17/h3-6,11-12,14,17,22,28H,7-10,13H2,1-2H3,(H2,27,35)(H,29,30)(H2,31,32,33,34). The largest absolute Gasteiger partial charge is 0.493 e. The van der Waals surface area contributed by atoms with E-state index in [9.17, 15) is 9.59 Å². The number of aryl methyl sites for hydroxylation is 2. The van der Waals surface area contributed by atoms with Gasteiger partial charge in [-0.05, 0) is 69.0 Å². The zero-order valence-electron chi connectivity index (χ0n) is 20.4. The van der Waals surface area contributed by atoms with Crippen molar-refractivity contribution in [1.29, 1.82) is 0 Å². The highest BCUT2D eigenvalue weighted by atomic mass is 16.5. The first kappa shape index (κ1) is 23.8. The molecule has 188 valence electrons. The van der Waals surface area contributed by atoms with Crippen LogP contribution in [0.3, 0.4) is 0 Å². The Morgan fingerprint density at radius 3 is 2.72 bits per heavy atom. The monoisotopic (exact) mass is 489 g/mol. The lowest BCUT2D eigenvalue weighted by molar-refractivity contribution is -0.129. The molecule has 2 atom stereocenters. The summed E-state index contributed by atoms with van der Waals surface area (Å²) in [5.74, 6) is 0.354. The highest BCUT2D eigenvalue weighted by molar-refractivity contribution is 6.05. The fraction of sp³-hybridized carbons (Fsp3) is 0.385. The molecule has 6 N–H and O–H groups in total. The predicted molar refractivity (Wildman–Crippen MR) is 138 cm³/mol. The fourth-order valence-corrected chi connectivity index (χ4v) is 5.07. The van der Waals surface area contributed by atoms with Gasteiger partial charge in [-0.25, -0.2) is 4.98 Å². The van der Waals surface area contributed by atoms with Crippen molar-refractivity contribution >= 4 is 35.1 Å². The maximum atomic E-state index is 13.3. The second-order valence-electron chi connectivity index (χ2n) is 9.57. The Morgan fingerprint density at radius 1 is 1.17 bits per heavy atom. The topological polar surface area (TPSA) is 147 Å². The zero-order valence-corrected chi connectivity index (χ0v) is 20.4. The van der Waals surface area contributed by atoms with E-state index in [0.717, 1.165) is 48.3 Å². The number of amides is 2. The number of fused-ring (bicyclic) bond motifs is 1. The van der Waals surface area contributed by atoms with E-state index in [1.807, 2.05) is 50.2 Å². The van der Waals surface area contributed by atoms with Crippen LogP contribution in [0.5, 0.6) is 5.75 Å². The molecule has 2 unspecified atom stereocenters. The molecule has 0 radical (unpaired) electrons. The number of carbonyl (C=O) groups is 2. The number of aliphatic imine (C=N–C) groups is 1. The van der Waals surface area contributed by atoms with Gasteiger partial charge in [0.05, 0.1) is 24.0 Å². The van der Waals surface area contributed by atoms with Crippen LogP contribution in [0.2, 0.25) is 0 Å². The van der Waals surface area contributed by atoms with Gasteiger partial charge >= 0.3 is 0 Å². The molecule has 1 saturated heterocycles. The van der Waals surface area contributed by atoms with Crippen LogP contribution in [0.1, 0.15) is 29.5 Å². The number of nitrogens with one attached hydrogen (secondary N) is 4. The van der Waals surface area contributed by atoms with Gasteiger partial charge in [0.25, 0.3) is 11.8 Å². The van der Waals surface area contributed by atoms with E-state index in [0.29, 0.717) is 23.6 Å². The number of anilines is 1. The lowest BCUT2D eigenvalue weighted by atomic mass is 9.80. The number of hydrogen-bond donors (Lipinski definition) is 5. The third-order valence-electron chi connectivity index (χ3n) is 7.01. The molecule has 2 amide bonds. The number of nitrogens with zero attached hydrogens (tertiary/aromatic N) is 2. The number of hydrogen-bond acceptors (Lipinski definition) is 7. The maximum Gasteiger partial charge on any atom is 0.254 e. The molecule has 5 rings (SSSR count). The summed E-state index contributed by atoms with van der Waals surface area (Å²) >= 11 is 0. The SMILES string of the molecule is Cc1ccc(C2(C(N)=O)NC=NC2C(=O)Nc2nc3ccc(OCC4CCNCC4)cc3[nH]2)c(C)c1. The molecular formula is C26H31N7O3. The minimum absolute atomic E-state index is 0.256. The minimum Gasteiger partial charge on any atom is -0.493 e. The summed E-state index contributed by atoms with van der Waals surface area (Å²) in [7, 11) is 0. The first-order valence-corrected chi connectivity index (χ1v) is 12.2. The van der Waals surface area contributed by atoms with Gasteiger partial charge in [0.15, 0.2) is 11.6 Å². The van der Waals surface area contributed by atoms with Crippen LogP contribution in [-0.4, -0.2) is 53.9 Å². The molecule has 3 heterocycles. The summed E-state index contributed by atoms with van der Waals surface area (Å²) in [4.78, 5) is 37.9. The highest BCUT2D eigenvalue weighted by Crippen LogP contribution is 2.33. The van der Waals surface area contributed by atoms with Gasteiger partial charge in [0.2, 0.25) is 5.95 Å². The third kappa shape index (κ3) is 4.39. The van der Waals surface area contributed by atoms with Crippen molar-refractivity contribution in [3.05, 3.63) is 53.1 Å². The van der Waals surface area contributed by atoms with Crippen LogP contribution < -0.4 is 26.4 Å². The van der Waals surface area contributed by atoms with Crippen LogP contribution in [0.15, 0.2) is 41.4 Å². The highest BCUT2D eigenvalue weighted by Gasteiger charge is 2.53. The molecule has 2 aromatic carbocycles. The van der Waals surface area contributed by atoms with Crippen molar-refractivity contribution in [1.82, 2.24) is 20.6 Å². The minimum atomic E-state index is -1.50.